The van der Waals surface area contributed by atoms with E-state index in [1.165, 1.54) is 4.90 Å². The maximum atomic E-state index is 12.2. The third-order valence-corrected chi connectivity index (χ3v) is 3.53. The Morgan fingerprint density at radius 2 is 2.14 bits per heavy atom. The predicted molar refractivity (Wildman–Crippen MR) is 83.1 cm³/mol. The van der Waals surface area contributed by atoms with Crippen molar-refractivity contribution in [3.05, 3.63) is 24.3 Å². The van der Waals surface area contributed by atoms with Gasteiger partial charge in [-0.3, -0.25) is 4.79 Å². The first-order chi connectivity index (χ1) is 10.5. The summed E-state index contributed by atoms with van der Waals surface area (Å²) in [6.07, 6.45) is 0.494. The molecule has 1 atom stereocenters. The fourth-order valence-corrected chi connectivity index (χ4v) is 2.29. The first-order valence-electron chi connectivity index (χ1n) is 7.48. The van der Waals surface area contributed by atoms with Crippen molar-refractivity contribution < 1.29 is 19.4 Å². The van der Waals surface area contributed by atoms with Crippen molar-refractivity contribution in [2.75, 3.05) is 25.0 Å². The Morgan fingerprint density at radius 1 is 1.41 bits per heavy atom. The van der Waals surface area contributed by atoms with Crippen molar-refractivity contribution in [1.82, 2.24) is 4.90 Å². The number of carboxylic acid groups (broad SMARTS) is 1. The lowest BCUT2D eigenvalue weighted by atomic mass is 10.1. The molecule has 1 unspecified atom stereocenters. The molecule has 2 rings (SSSR count). The lowest BCUT2D eigenvalue weighted by Gasteiger charge is -2.19. The number of hydrogen-bond acceptors (Lipinski definition) is 3. The van der Waals surface area contributed by atoms with E-state index < -0.39 is 11.9 Å². The Kier molecular flexibility index (Phi) is 5.25. The Hall–Kier alpha value is -2.24. The minimum atomic E-state index is -0.851. The maximum absolute atomic E-state index is 12.2. The minimum absolute atomic E-state index is 0.246. The van der Waals surface area contributed by atoms with Gasteiger partial charge in [-0.25, -0.2) is 4.79 Å². The second-order valence-electron chi connectivity index (χ2n) is 5.90. The van der Waals surface area contributed by atoms with Gasteiger partial charge in [-0.05, 0) is 24.5 Å². The van der Waals surface area contributed by atoms with Gasteiger partial charge in [0.1, 0.15) is 5.75 Å². The Morgan fingerprint density at radius 3 is 2.77 bits per heavy atom. The van der Waals surface area contributed by atoms with Gasteiger partial charge < -0.3 is 20.1 Å². The van der Waals surface area contributed by atoms with E-state index >= 15 is 0 Å². The molecular formula is C16H22N2O4. The van der Waals surface area contributed by atoms with E-state index in [2.05, 4.69) is 19.2 Å². The zero-order chi connectivity index (χ0) is 16.1. The van der Waals surface area contributed by atoms with E-state index in [4.69, 9.17) is 9.84 Å². The largest absolute Gasteiger partial charge is 0.491 e. The van der Waals surface area contributed by atoms with Crippen molar-refractivity contribution in [3.63, 3.8) is 0 Å². The van der Waals surface area contributed by atoms with Crippen LogP contribution in [0.4, 0.5) is 10.5 Å². The van der Waals surface area contributed by atoms with Gasteiger partial charge in [0.15, 0.2) is 0 Å². The molecule has 2 amide bonds. The summed E-state index contributed by atoms with van der Waals surface area (Å²) in [6, 6.07) is 6.97. The molecule has 1 aromatic rings. The number of nitrogens with one attached hydrogen (secondary N) is 1. The van der Waals surface area contributed by atoms with Crippen LogP contribution in [-0.4, -0.2) is 41.7 Å². The molecule has 22 heavy (non-hydrogen) atoms. The number of likely N-dealkylation sites (tertiary alicyclic amines) is 1. The van der Waals surface area contributed by atoms with Gasteiger partial charge in [0, 0.05) is 13.1 Å². The van der Waals surface area contributed by atoms with Crippen LogP contribution in [0.3, 0.4) is 0 Å². The minimum Gasteiger partial charge on any atom is -0.491 e. The lowest BCUT2D eigenvalue weighted by molar-refractivity contribution is -0.141. The molecule has 120 valence electrons. The zero-order valence-electron chi connectivity index (χ0n) is 12.9. The van der Waals surface area contributed by atoms with Gasteiger partial charge in [0.05, 0.1) is 18.2 Å². The first-order valence-corrected chi connectivity index (χ1v) is 7.48. The van der Waals surface area contributed by atoms with Gasteiger partial charge >= 0.3 is 12.0 Å². The molecule has 2 N–H and O–H groups in total. The topological polar surface area (TPSA) is 78.9 Å². The number of para-hydroxylation sites is 2. The highest BCUT2D eigenvalue weighted by Crippen LogP contribution is 2.25. The fourth-order valence-electron chi connectivity index (χ4n) is 2.29. The van der Waals surface area contributed by atoms with Gasteiger partial charge in [-0.15, -0.1) is 0 Å². The number of amides is 2. The zero-order valence-corrected chi connectivity index (χ0v) is 12.9. The predicted octanol–water partition coefficient (Wildman–Crippen LogP) is 2.66. The third kappa shape index (κ3) is 4.13. The summed E-state index contributed by atoms with van der Waals surface area (Å²) >= 11 is 0. The molecule has 6 heteroatoms. The number of aliphatic carboxylic acids is 1. The summed E-state index contributed by atoms with van der Waals surface area (Å²) in [5.41, 5.74) is 0.604. The molecule has 6 nitrogen and oxygen atoms in total. The van der Waals surface area contributed by atoms with E-state index in [-0.39, 0.29) is 12.6 Å². The molecule has 1 fully saturated rings. The summed E-state index contributed by atoms with van der Waals surface area (Å²) in [4.78, 5) is 24.7. The van der Waals surface area contributed by atoms with Gasteiger partial charge in [0.2, 0.25) is 0 Å². The van der Waals surface area contributed by atoms with E-state index in [1.807, 2.05) is 18.2 Å². The smallest absolute Gasteiger partial charge is 0.321 e. The van der Waals surface area contributed by atoms with Crippen LogP contribution in [0.15, 0.2) is 24.3 Å². The Labute approximate surface area is 130 Å². The van der Waals surface area contributed by atoms with Crippen molar-refractivity contribution in [2.45, 2.75) is 20.3 Å². The standard InChI is InChI=1S/C16H22N2O4/c1-11(2)10-22-14-6-4-3-5-13(14)17-16(21)18-8-7-12(9-18)15(19)20/h3-6,11-12H,7-10H2,1-2H3,(H,17,21)(H,19,20). The van der Waals surface area contributed by atoms with E-state index in [9.17, 15) is 9.59 Å². The number of rotatable bonds is 5. The van der Waals surface area contributed by atoms with E-state index in [0.717, 1.165) is 0 Å². The Bertz CT molecular complexity index is 545. The molecular weight excluding hydrogens is 284 g/mol. The highest BCUT2D eigenvalue weighted by atomic mass is 16.5. The molecule has 0 radical (unpaired) electrons. The highest BCUT2D eigenvalue weighted by Gasteiger charge is 2.31. The van der Waals surface area contributed by atoms with Crippen LogP contribution in [-0.2, 0) is 4.79 Å². The molecule has 0 spiro atoms. The van der Waals surface area contributed by atoms with Crippen molar-refractivity contribution in [3.8, 4) is 5.75 Å². The fraction of sp³-hybridized carbons (Fsp3) is 0.500. The molecule has 1 saturated heterocycles. The van der Waals surface area contributed by atoms with Crippen molar-refractivity contribution >= 4 is 17.7 Å². The molecule has 0 bridgehead atoms. The second kappa shape index (κ2) is 7.15. The van der Waals surface area contributed by atoms with Crippen molar-refractivity contribution in [1.29, 1.82) is 0 Å². The molecule has 0 aromatic heterocycles. The lowest BCUT2D eigenvalue weighted by Crippen LogP contribution is -2.33. The molecule has 1 heterocycles. The average Bonchev–Trinajstić information content (AvgIpc) is 2.96. The molecule has 1 aliphatic rings. The second-order valence-corrected chi connectivity index (χ2v) is 5.90. The van der Waals surface area contributed by atoms with E-state index in [1.54, 1.807) is 6.07 Å². The number of carboxylic acids is 1. The number of nitrogens with zero attached hydrogens (tertiary/aromatic N) is 1. The number of ether oxygens (including phenoxy) is 1. The van der Waals surface area contributed by atoms with Crippen LogP contribution in [0.5, 0.6) is 5.75 Å². The number of hydrogen-bond donors (Lipinski definition) is 2. The van der Waals surface area contributed by atoms with Crippen LogP contribution >= 0.6 is 0 Å². The third-order valence-electron chi connectivity index (χ3n) is 3.53. The summed E-state index contributed by atoms with van der Waals surface area (Å²) < 4.78 is 5.69. The maximum Gasteiger partial charge on any atom is 0.321 e. The van der Waals surface area contributed by atoms with Gasteiger partial charge in [0.25, 0.3) is 0 Å². The highest BCUT2D eigenvalue weighted by molar-refractivity contribution is 5.91. The normalized spacial score (nSPS) is 17.6. The van der Waals surface area contributed by atoms with Crippen LogP contribution in [0.2, 0.25) is 0 Å². The molecule has 1 aliphatic heterocycles. The molecule has 0 saturated carbocycles. The number of benzene rings is 1. The molecule has 1 aromatic carbocycles. The summed E-state index contributed by atoms with van der Waals surface area (Å²) in [5, 5.41) is 11.8. The van der Waals surface area contributed by atoms with Crippen LogP contribution in [0.1, 0.15) is 20.3 Å². The van der Waals surface area contributed by atoms with Crippen LogP contribution in [0.25, 0.3) is 0 Å². The van der Waals surface area contributed by atoms with Crippen LogP contribution < -0.4 is 10.1 Å². The summed E-state index contributed by atoms with van der Waals surface area (Å²) in [7, 11) is 0. The number of anilines is 1. The monoisotopic (exact) mass is 306 g/mol. The Balaban J connectivity index is 1.98. The summed E-state index contributed by atoms with van der Waals surface area (Å²) in [5.74, 6) is -0.314. The molecule has 0 aliphatic carbocycles. The number of carbonyl (C=O) groups excluding carboxylic acids is 1. The van der Waals surface area contributed by atoms with E-state index in [0.29, 0.717) is 36.9 Å². The summed E-state index contributed by atoms with van der Waals surface area (Å²) in [6.45, 7) is 5.38. The number of carbonyl (C=O) groups is 2. The average molecular weight is 306 g/mol. The van der Waals surface area contributed by atoms with Crippen LogP contribution in [0, 0.1) is 11.8 Å². The van der Waals surface area contributed by atoms with Gasteiger partial charge in [-0.2, -0.15) is 0 Å². The first kappa shape index (κ1) is 16.1. The van der Waals surface area contributed by atoms with Gasteiger partial charge in [-0.1, -0.05) is 26.0 Å². The van der Waals surface area contributed by atoms with Crippen molar-refractivity contribution in [2.24, 2.45) is 11.8 Å². The number of urea groups is 1. The quantitative estimate of drug-likeness (QED) is 0.876. The SMILES string of the molecule is CC(C)COc1ccccc1NC(=O)N1CCC(C(=O)O)C1.